The van der Waals surface area contributed by atoms with Gasteiger partial charge in [-0.25, -0.2) is 0 Å². The van der Waals surface area contributed by atoms with Gasteiger partial charge in [0.25, 0.3) is 5.91 Å². The average molecular weight is 410 g/mol. The summed E-state index contributed by atoms with van der Waals surface area (Å²) < 4.78 is 5.76. The fourth-order valence-corrected chi connectivity index (χ4v) is 3.36. The van der Waals surface area contributed by atoms with Crippen LogP contribution in [-0.4, -0.2) is 42.5 Å². The van der Waals surface area contributed by atoms with Crippen molar-refractivity contribution in [1.82, 2.24) is 4.90 Å². The molecule has 30 heavy (non-hydrogen) atoms. The molecule has 2 N–H and O–H groups in total. The molecule has 1 fully saturated rings. The van der Waals surface area contributed by atoms with Gasteiger partial charge in [-0.1, -0.05) is 13.0 Å². The highest BCUT2D eigenvalue weighted by atomic mass is 16.5. The van der Waals surface area contributed by atoms with Crippen molar-refractivity contribution in [2.75, 3.05) is 30.3 Å². The fourth-order valence-electron chi connectivity index (χ4n) is 3.36. The van der Waals surface area contributed by atoms with E-state index < -0.39 is 0 Å². The summed E-state index contributed by atoms with van der Waals surface area (Å²) >= 11 is 0. The van der Waals surface area contributed by atoms with Gasteiger partial charge in [-0.3, -0.25) is 9.59 Å². The number of rotatable bonds is 8. The Bertz CT molecular complexity index is 845. The van der Waals surface area contributed by atoms with E-state index in [2.05, 4.69) is 17.6 Å². The van der Waals surface area contributed by atoms with Crippen LogP contribution in [0.5, 0.6) is 5.75 Å². The van der Waals surface area contributed by atoms with E-state index in [9.17, 15) is 9.59 Å². The minimum Gasteiger partial charge on any atom is -0.491 e. The first-order valence-corrected chi connectivity index (χ1v) is 10.7. The molecule has 0 saturated carbocycles. The van der Waals surface area contributed by atoms with Crippen molar-refractivity contribution in [3.63, 3.8) is 0 Å². The molecule has 0 radical (unpaired) electrons. The molecule has 1 heterocycles. The Hall–Kier alpha value is -3.02. The Labute approximate surface area is 178 Å². The minimum atomic E-state index is -0.169. The minimum absolute atomic E-state index is 0.0311. The van der Waals surface area contributed by atoms with E-state index in [4.69, 9.17) is 4.74 Å². The zero-order valence-electron chi connectivity index (χ0n) is 17.8. The van der Waals surface area contributed by atoms with Gasteiger partial charge in [0.2, 0.25) is 5.91 Å². The number of amides is 2. The Balaban J connectivity index is 1.50. The first-order chi connectivity index (χ1) is 14.5. The summed E-state index contributed by atoms with van der Waals surface area (Å²) in [5.74, 6) is 0.677. The van der Waals surface area contributed by atoms with Crippen molar-refractivity contribution in [2.45, 2.75) is 45.6 Å². The van der Waals surface area contributed by atoms with Crippen LogP contribution in [0, 0.1) is 0 Å². The van der Waals surface area contributed by atoms with Crippen molar-refractivity contribution in [1.29, 1.82) is 0 Å². The quantitative estimate of drug-likeness (QED) is 0.671. The molecule has 1 aliphatic heterocycles. The maximum absolute atomic E-state index is 12.7. The van der Waals surface area contributed by atoms with Crippen LogP contribution in [0.3, 0.4) is 0 Å². The number of nitrogens with one attached hydrogen (secondary N) is 2. The topological polar surface area (TPSA) is 70.7 Å². The zero-order valence-corrected chi connectivity index (χ0v) is 17.8. The lowest BCUT2D eigenvalue weighted by atomic mass is 10.1. The third-order valence-corrected chi connectivity index (χ3v) is 5.26. The van der Waals surface area contributed by atoms with E-state index in [0.29, 0.717) is 11.3 Å². The molecule has 0 spiro atoms. The van der Waals surface area contributed by atoms with Crippen LogP contribution in [0.15, 0.2) is 48.5 Å². The molecule has 160 valence electrons. The molecule has 1 saturated heterocycles. The fraction of sp³-hybridized carbons (Fsp3) is 0.417. The van der Waals surface area contributed by atoms with E-state index in [1.807, 2.05) is 36.1 Å². The predicted octanol–water partition coefficient (Wildman–Crippen LogP) is 4.54. The monoisotopic (exact) mass is 409 g/mol. The van der Waals surface area contributed by atoms with Gasteiger partial charge in [-0.05, 0) is 75.1 Å². The molecule has 1 atom stereocenters. The van der Waals surface area contributed by atoms with Crippen LogP contribution in [0.1, 0.15) is 49.9 Å². The van der Waals surface area contributed by atoms with Gasteiger partial charge >= 0.3 is 0 Å². The SMILES string of the molecule is CCC(C)Oc1ccc(NCC(=O)Nc2cccc(C(=O)N3CCCCC3)c2)cc1. The number of anilines is 2. The normalized spacial score (nSPS) is 14.7. The maximum Gasteiger partial charge on any atom is 0.253 e. The summed E-state index contributed by atoms with van der Waals surface area (Å²) in [5, 5.41) is 5.96. The Morgan fingerprint density at radius 3 is 2.47 bits per heavy atom. The van der Waals surface area contributed by atoms with E-state index in [0.717, 1.165) is 43.8 Å². The second-order valence-electron chi connectivity index (χ2n) is 7.70. The lowest BCUT2D eigenvalue weighted by molar-refractivity contribution is -0.114. The molecule has 3 rings (SSSR count). The lowest BCUT2D eigenvalue weighted by Crippen LogP contribution is -2.35. The number of hydrogen-bond donors (Lipinski definition) is 2. The number of ether oxygens (including phenoxy) is 1. The van der Waals surface area contributed by atoms with Crippen LogP contribution in [0.25, 0.3) is 0 Å². The summed E-state index contributed by atoms with van der Waals surface area (Å²) in [6.07, 6.45) is 4.41. The lowest BCUT2D eigenvalue weighted by Gasteiger charge is -2.26. The average Bonchev–Trinajstić information content (AvgIpc) is 2.79. The Morgan fingerprint density at radius 2 is 1.77 bits per heavy atom. The van der Waals surface area contributed by atoms with E-state index in [1.54, 1.807) is 24.3 Å². The highest BCUT2D eigenvalue weighted by Crippen LogP contribution is 2.18. The van der Waals surface area contributed by atoms with Crippen LogP contribution < -0.4 is 15.4 Å². The molecule has 0 aliphatic carbocycles. The highest BCUT2D eigenvalue weighted by Gasteiger charge is 2.18. The molecule has 1 unspecified atom stereocenters. The van der Waals surface area contributed by atoms with Crippen molar-refractivity contribution in [3.8, 4) is 5.75 Å². The van der Waals surface area contributed by atoms with Gasteiger partial charge < -0.3 is 20.3 Å². The van der Waals surface area contributed by atoms with Gasteiger partial charge in [0, 0.05) is 30.0 Å². The van der Waals surface area contributed by atoms with Crippen LogP contribution in [0.2, 0.25) is 0 Å². The Kier molecular flexibility index (Phi) is 7.71. The number of piperidine rings is 1. The zero-order chi connectivity index (χ0) is 21.3. The molecule has 6 heteroatoms. The first-order valence-electron chi connectivity index (χ1n) is 10.7. The van der Waals surface area contributed by atoms with Gasteiger partial charge in [0.15, 0.2) is 0 Å². The van der Waals surface area contributed by atoms with Crippen LogP contribution in [-0.2, 0) is 4.79 Å². The third-order valence-electron chi connectivity index (χ3n) is 5.26. The number of carbonyl (C=O) groups excluding carboxylic acids is 2. The van der Waals surface area contributed by atoms with Gasteiger partial charge in [-0.15, -0.1) is 0 Å². The second kappa shape index (κ2) is 10.7. The summed E-state index contributed by atoms with van der Waals surface area (Å²) in [6.45, 7) is 5.86. The summed E-state index contributed by atoms with van der Waals surface area (Å²) in [7, 11) is 0. The van der Waals surface area contributed by atoms with Gasteiger partial charge in [0.1, 0.15) is 5.75 Å². The smallest absolute Gasteiger partial charge is 0.253 e. The molecular weight excluding hydrogens is 378 g/mol. The Morgan fingerprint density at radius 1 is 1.03 bits per heavy atom. The molecule has 0 bridgehead atoms. The van der Waals surface area contributed by atoms with E-state index >= 15 is 0 Å². The molecule has 0 aromatic heterocycles. The number of nitrogens with zero attached hydrogens (tertiary/aromatic N) is 1. The number of likely N-dealkylation sites (tertiary alicyclic amines) is 1. The van der Waals surface area contributed by atoms with Crippen LogP contribution in [0.4, 0.5) is 11.4 Å². The molecule has 6 nitrogen and oxygen atoms in total. The summed E-state index contributed by atoms with van der Waals surface area (Å²) in [6, 6.07) is 14.7. The summed E-state index contributed by atoms with van der Waals surface area (Å²) in [4.78, 5) is 26.9. The number of benzene rings is 2. The van der Waals surface area contributed by atoms with Crippen LogP contribution >= 0.6 is 0 Å². The van der Waals surface area contributed by atoms with Gasteiger partial charge in [-0.2, -0.15) is 0 Å². The molecule has 2 aromatic carbocycles. The molecule has 2 aromatic rings. The number of hydrogen-bond acceptors (Lipinski definition) is 4. The van der Waals surface area contributed by atoms with Crippen molar-refractivity contribution < 1.29 is 14.3 Å². The van der Waals surface area contributed by atoms with Gasteiger partial charge in [0.05, 0.1) is 12.6 Å². The standard InChI is InChI=1S/C24H31N3O3/c1-3-18(2)30-22-12-10-20(11-13-22)25-17-23(28)26-21-9-7-8-19(16-21)24(29)27-14-5-4-6-15-27/h7-13,16,18,25H,3-6,14-15,17H2,1-2H3,(H,26,28). The first kappa shape index (κ1) is 21.7. The molecule has 1 aliphatic rings. The molecular formula is C24H31N3O3. The van der Waals surface area contributed by atoms with E-state index in [1.165, 1.54) is 6.42 Å². The largest absolute Gasteiger partial charge is 0.491 e. The maximum atomic E-state index is 12.7. The van der Waals surface area contributed by atoms with E-state index in [-0.39, 0.29) is 24.5 Å². The van der Waals surface area contributed by atoms with Crippen molar-refractivity contribution in [2.24, 2.45) is 0 Å². The predicted molar refractivity (Wildman–Crippen MR) is 120 cm³/mol. The number of carbonyl (C=O) groups is 2. The second-order valence-corrected chi connectivity index (χ2v) is 7.70. The third kappa shape index (κ3) is 6.24. The van der Waals surface area contributed by atoms with Crippen molar-refractivity contribution >= 4 is 23.2 Å². The molecule has 2 amide bonds. The van der Waals surface area contributed by atoms with Crippen molar-refractivity contribution in [3.05, 3.63) is 54.1 Å². The summed E-state index contributed by atoms with van der Waals surface area (Å²) in [5.41, 5.74) is 2.08. The highest BCUT2D eigenvalue weighted by molar-refractivity contribution is 5.98.